The monoisotopic (exact) mass is 324 g/mol. The van der Waals surface area contributed by atoms with Crippen LogP contribution in [-0.4, -0.2) is 21.0 Å². The largest absolute Gasteiger partial charge is 0.489 e. The molecular formula is C18H16N2O4. The number of nitrogens with zero attached hydrogens (tertiary/aromatic N) is 1. The van der Waals surface area contributed by atoms with Crippen LogP contribution in [0, 0.1) is 0 Å². The van der Waals surface area contributed by atoms with Crippen molar-refractivity contribution in [1.29, 1.82) is 0 Å². The summed E-state index contributed by atoms with van der Waals surface area (Å²) in [6, 6.07) is 14.8. The number of fused-ring (bicyclic) bond motifs is 1. The summed E-state index contributed by atoms with van der Waals surface area (Å²) in [6.45, 7) is 0.411. The first-order valence-corrected chi connectivity index (χ1v) is 7.53. The van der Waals surface area contributed by atoms with Crippen LogP contribution >= 0.6 is 0 Å². The summed E-state index contributed by atoms with van der Waals surface area (Å²) in [5.74, 6) is 0.0206. The molecule has 3 rings (SSSR count). The molecule has 1 aromatic heterocycles. The highest BCUT2D eigenvalue weighted by Crippen LogP contribution is 2.18. The Hall–Kier alpha value is -3.15. The van der Waals surface area contributed by atoms with E-state index in [4.69, 9.17) is 9.84 Å². The minimum atomic E-state index is -0.928. The number of ether oxygens (including phenoxy) is 1. The van der Waals surface area contributed by atoms with E-state index in [1.54, 1.807) is 18.2 Å². The van der Waals surface area contributed by atoms with Crippen LogP contribution in [0.1, 0.15) is 17.8 Å². The van der Waals surface area contributed by atoms with Gasteiger partial charge in [0.25, 0.3) is 5.56 Å². The fourth-order valence-electron chi connectivity index (χ4n) is 2.34. The molecule has 0 atom stereocenters. The Bertz CT molecular complexity index is 919. The summed E-state index contributed by atoms with van der Waals surface area (Å²) in [4.78, 5) is 29.7. The zero-order valence-electron chi connectivity index (χ0n) is 12.9. The Labute approximate surface area is 137 Å². The maximum absolute atomic E-state index is 12.2. The highest BCUT2D eigenvalue weighted by atomic mass is 16.5. The van der Waals surface area contributed by atoms with E-state index in [9.17, 15) is 9.59 Å². The van der Waals surface area contributed by atoms with Gasteiger partial charge in [-0.2, -0.15) is 0 Å². The van der Waals surface area contributed by atoms with E-state index >= 15 is 0 Å². The predicted molar refractivity (Wildman–Crippen MR) is 89.1 cm³/mol. The number of benzene rings is 2. The third-order valence-electron chi connectivity index (χ3n) is 3.55. The molecule has 0 amide bonds. The maximum Gasteiger partial charge on any atom is 0.303 e. The van der Waals surface area contributed by atoms with Gasteiger partial charge in [0.1, 0.15) is 18.2 Å². The number of aromatic amines is 1. The molecule has 0 fully saturated rings. The van der Waals surface area contributed by atoms with E-state index < -0.39 is 5.97 Å². The van der Waals surface area contributed by atoms with E-state index in [0.717, 1.165) is 5.56 Å². The minimum Gasteiger partial charge on any atom is -0.489 e. The number of carboxylic acids is 1. The van der Waals surface area contributed by atoms with Gasteiger partial charge in [-0.15, -0.1) is 0 Å². The van der Waals surface area contributed by atoms with Gasteiger partial charge in [-0.05, 0) is 23.8 Å². The Kier molecular flexibility index (Phi) is 4.56. The van der Waals surface area contributed by atoms with Gasteiger partial charge < -0.3 is 14.8 Å². The van der Waals surface area contributed by atoms with Gasteiger partial charge in [0.2, 0.25) is 0 Å². The number of H-pyrrole nitrogens is 1. The van der Waals surface area contributed by atoms with E-state index in [1.165, 1.54) is 0 Å². The van der Waals surface area contributed by atoms with E-state index in [0.29, 0.717) is 29.1 Å². The van der Waals surface area contributed by atoms with Crippen LogP contribution in [0.3, 0.4) is 0 Å². The fourth-order valence-corrected chi connectivity index (χ4v) is 2.34. The molecule has 2 aromatic carbocycles. The lowest BCUT2D eigenvalue weighted by Gasteiger charge is -2.07. The van der Waals surface area contributed by atoms with Gasteiger partial charge in [-0.3, -0.25) is 9.59 Å². The summed E-state index contributed by atoms with van der Waals surface area (Å²) < 4.78 is 5.71. The predicted octanol–water partition coefficient (Wildman–Crippen LogP) is 2.52. The van der Waals surface area contributed by atoms with E-state index in [1.807, 2.05) is 30.3 Å². The minimum absolute atomic E-state index is 0.0767. The lowest BCUT2D eigenvalue weighted by Crippen LogP contribution is -2.13. The number of carboxylic acid groups (broad SMARTS) is 1. The summed E-state index contributed by atoms with van der Waals surface area (Å²) >= 11 is 0. The molecule has 6 nitrogen and oxygen atoms in total. The van der Waals surface area contributed by atoms with Crippen LogP contribution in [0.25, 0.3) is 10.9 Å². The molecule has 0 saturated carbocycles. The van der Waals surface area contributed by atoms with Crippen LogP contribution in [0.15, 0.2) is 53.3 Å². The Morgan fingerprint density at radius 2 is 1.96 bits per heavy atom. The SMILES string of the molecule is O=C(O)CCc1nc2ccc(OCc3ccccc3)cc2c(=O)[nH]1. The van der Waals surface area contributed by atoms with Gasteiger partial charge in [-0.1, -0.05) is 30.3 Å². The molecule has 0 radical (unpaired) electrons. The normalized spacial score (nSPS) is 10.7. The van der Waals surface area contributed by atoms with Crippen molar-refractivity contribution in [2.75, 3.05) is 0 Å². The third kappa shape index (κ3) is 3.78. The Balaban J connectivity index is 1.80. The summed E-state index contributed by atoms with van der Waals surface area (Å²) in [5.41, 5.74) is 1.25. The van der Waals surface area contributed by atoms with Gasteiger partial charge in [0.15, 0.2) is 0 Å². The van der Waals surface area contributed by atoms with Crippen molar-refractivity contribution in [1.82, 2.24) is 9.97 Å². The van der Waals surface area contributed by atoms with Crippen LogP contribution in [-0.2, 0) is 17.8 Å². The Morgan fingerprint density at radius 1 is 1.17 bits per heavy atom. The third-order valence-corrected chi connectivity index (χ3v) is 3.55. The second-order valence-corrected chi connectivity index (χ2v) is 5.36. The van der Waals surface area contributed by atoms with Crippen molar-refractivity contribution in [2.24, 2.45) is 0 Å². The van der Waals surface area contributed by atoms with Crippen LogP contribution in [0.4, 0.5) is 0 Å². The molecule has 0 spiro atoms. The van der Waals surface area contributed by atoms with Crippen molar-refractivity contribution < 1.29 is 14.6 Å². The Morgan fingerprint density at radius 3 is 2.71 bits per heavy atom. The number of aliphatic carboxylic acids is 1. The molecule has 3 aromatic rings. The summed E-state index contributed by atoms with van der Waals surface area (Å²) in [5, 5.41) is 9.13. The van der Waals surface area contributed by atoms with Crippen LogP contribution in [0.5, 0.6) is 5.75 Å². The number of nitrogens with one attached hydrogen (secondary N) is 1. The zero-order valence-corrected chi connectivity index (χ0v) is 12.9. The van der Waals surface area contributed by atoms with Gasteiger partial charge >= 0.3 is 5.97 Å². The molecule has 0 aliphatic heterocycles. The number of hydrogen-bond donors (Lipinski definition) is 2. The van der Waals surface area contributed by atoms with Crippen molar-refractivity contribution in [3.05, 3.63) is 70.3 Å². The molecule has 6 heteroatoms. The van der Waals surface area contributed by atoms with Crippen LogP contribution in [0.2, 0.25) is 0 Å². The number of aromatic nitrogens is 2. The standard InChI is InChI=1S/C18H16N2O4/c21-17(22)9-8-16-19-15-7-6-13(10-14(15)18(23)20-16)24-11-12-4-2-1-3-5-12/h1-7,10H,8-9,11H2,(H,21,22)(H,19,20,23). The van der Waals surface area contributed by atoms with Gasteiger partial charge in [-0.25, -0.2) is 4.98 Å². The first-order chi connectivity index (χ1) is 11.6. The van der Waals surface area contributed by atoms with Gasteiger partial charge in [0, 0.05) is 6.42 Å². The second kappa shape index (κ2) is 6.95. The topological polar surface area (TPSA) is 92.3 Å². The summed E-state index contributed by atoms with van der Waals surface area (Å²) in [7, 11) is 0. The molecule has 0 saturated heterocycles. The van der Waals surface area contributed by atoms with Crippen molar-refractivity contribution >= 4 is 16.9 Å². The average Bonchev–Trinajstić information content (AvgIpc) is 2.59. The number of carbonyl (C=O) groups is 1. The molecule has 0 bridgehead atoms. The molecule has 0 aliphatic rings. The van der Waals surface area contributed by atoms with E-state index in [2.05, 4.69) is 9.97 Å². The highest BCUT2D eigenvalue weighted by Gasteiger charge is 2.07. The van der Waals surface area contributed by atoms with Crippen molar-refractivity contribution in [3.8, 4) is 5.75 Å². The van der Waals surface area contributed by atoms with Gasteiger partial charge in [0.05, 0.1) is 17.3 Å². The lowest BCUT2D eigenvalue weighted by molar-refractivity contribution is -0.137. The zero-order chi connectivity index (χ0) is 16.9. The molecule has 2 N–H and O–H groups in total. The van der Waals surface area contributed by atoms with E-state index in [-0.39, 0.29) is 18.4 Å². The number of aryl methyl sites for hydroxylation is 1. The molecular weight excluding hydrogens is 308 g/mol. The second-order valence-electron chi connectivity index (χ2n) is 5.36. The molecule has 1 heterocycles. The maximum atomic E-state index is 12.2. The van der Waals surface area contributed by atoms with Crippen molar-refractivity contribution in [3.63, 3.8) is 0 Å². The average molecular weight is 324 g/mol. The smallest absolute Gasteiger partial charge is 0.303 e. The lowest BCUT2D eigenvalue weighted by atomic mass is 10.2. The molecule has 122 valence electrons. The van der Waals surface area contributed by atoms with Crippen LogP contribution < -0.4 is 10.3 Å². The molecule has 24 heavy (non-hydrogen) atoms. The first kappa shape index (κ1) is 15.7. The van der Waals surface area contributed by atoms with Crippen molar-refractivity contribution in [2.45, 2.75) is 19.4 Å². The fraction of sp³-hybridized carbons (Fsp3) is 0.167. The first-order valence-electron chi connectivity index (χ1n) is 7.53. The quantitative estimate of drug-likeness (QED) is 0.727. The molecule has 0 unspecified atom stereocenters. The number of rotatable bonds is 6. The number of hydrogen-bond acceptors (Lipinski definition) is 4. The highest BCUT2D eigenvalue weighted by molar-refractivity contribution is 5.79. The molecule has 0 aliphatic carbocycles. The summed E-state index contributed by atoms with van der Waals surface area (Å²) in [6.07, 6.45) is 0.111.